The highest BCUT2D eigenvalue weighted by molar-refractivity contribution is 5.99. The van der Waals surface area contributed by atoms with E-state index in [0.717, 1.165) is 0 Å². The minimum Gasteiger partial charge on any atom is -0.478 e. The van der Waals surface area contributed by atoms with E-state index in [-0.39, 0.29) is 0 Å². The van der Waals surface area contributed by atoms with Crippen molar-refractivity contribution in [2.75, 3.05) is 5.32 Å². The number of nitrogens with one attached hydrogen (secondary N) is 1. The Bertz CT molecular complexity index is 566. The molecule has 0 spiro atoms. The fourth-order valence-electron chi connectivity index (χ4n) is 1.26. The second-order valence-electron chi connectivity index (χ2n) is 3.83. The fourth-order valence-corrected chi connectivity index (χ4v) is 1.26. The number of aliphatic carboxylic acids is 1. The number of amides is 1. The average Bonchev–Trinajstić information content (AvgIpc) is 2.30. The number of benzene rings is 1. The maximum atomic E-state index is 13.3. The van der Waals surface area contributed by atoms with E-state index >= 15 is 0 Å². The molecule has 0 aliphatic heterocycles. The number of carbonyl (C=O) groups excluding carboxylic acids is 1. The van der Waals surface area contributed by atoms with Gasteiger partial charge in [0.2, 0.25) is 5.91 Å². The number of hydrogen-bond acceptors (Lipinski definition) is 2. The number of carboxylic acids is 1. The van der Waals surface area contributed by atoms with Crippen LogP contribution in [0, 0.1) is 5.82 Å². The SMILES string of the molecule is C=C(CC(=O)Nc1cc(C(F)(F)F)ccc1F)C(=O)O. The van der Waals surface area contributed by atoms with E-state index in [1.165, 1.54) is 0 Å². The Morgan fingerprint density at radius 1 is 1.30 bits per heavy atom. The van der Waals surface area contributed by atoms with Crippen molar-refractivity contribution in [1.82, 2.24) is 0 Å². The first-order valence-corrected chi connectivity index (χ1v) is 5.19. The van der Waals surface area contributed by atoms with Crippen LogP contribution in [0.1, 0.15) is 12.0 Å². The predicted octanol–water partition coefficient (Wildman–Crippen LogP) is 2.81. The summed E-state index contributed by atoms with van der Waals surface area (Å²) >= 11 is 0. The lowest BCUT2D eigenvalue weighted by atomic mass is 10.1. The zero-order valence-corrected chi connectivity index (χ0v) is 9.92. The van der Waals surface area contributed by atoms with Crippen molar-refractivity contribution in [3.05, 3.63) is 41.7 Å². The number of carbonyl (C=O) groups is 2. The molecule has 2 N–H and O–H groups in total. The summed E-state index contributed by atoms with van der Waals surface area (Å²) < 4.78 is 50.6. The van der Waals surface area contributed by atoms with E-state index in [9.17, 15) is 27.2 Å². The highest BCUT2D eigenvalue weighted by Gasteiger charge is 2.31. The van der Waals surface area contributed by atoms with Crippen molar-refractivity contribution >= 4 is 17.6 Å². The molecular formula is C12H9F4NO3. The minimum atomic E-state index is -4.68. The Hall–Kier alpha value is -2.38. The molecule has 0 atom stereocenters. The summed E-state index contributed by atoms with van der Waals surface area (Å²) in [6, 6.07) is 1.52. The van der Waals surface area contributed by atoms with Crippen LogP contribution in [0.25, 0.3) is 0 Å². The van der Waals surface area contributed by atoms with Gasteiger partial charge in [-0.2, -0.15) is 13.2 Å². The van der Waals surface area contributed by atoms with Gasteiger partial charge in [-0.25, -0.2) is 9.18 Å². The Morgan fingerprint density at radius 2 is 1.90 bits per heavy atom. The summed E-state index contributed by atoms with van der Waals surface area (Å²) in [5, 5.41) is 10.4. The van der Waals surface area contributed by atoms with E-state index < -0.39 is 47.1 Å². The monoisotopic (exact) mass is 291 g/mol. The first-order valence-electron chi connectivity index (χ1n) is 5.19. The van der Waals surface area contributed by atoms with Crippen molar-refractivity contribution in [3.63, 3.8) is 0 Å². The maximum absolute atomic E-state index is 13.3. The number of anilines is 1. The molecule has 1 aromatic carbocycles. The zero-order valence-electron chi connectivity index (χ0n) is 9.92. The van der Waals surface area contributed by atoms with Crippen LogP contribution >= 0.6 is 0 Å². The normalized spacial score (nSPS) is 11.0. The molecule has 0 fully saturated rings. The number of hydrogen-bond donors (Lipinski definition) is 2. The minimum absolute atomic E-state index is 0.427. The maximum Gasteiger partial charge on any atom is 0.416 e. The van der Waals surface area contributed by atoms with Crippen LogP contribution in [-0.2, 0) is 15.8 Å². The lowest BCUT2D eigenvalue weighted by molar-refractivity contribution is -0.137. The molecule has 1 aromatic rings. The van der Waals surface area contributed by atoms with E-state index in [4.69, 9.17) is 5.11 Å². The van der Waals surface area contributed by atoms with Gasteiger partial charge in [-0.15, -0.1) is 0 Å². The van der Waals surface area contributed by atoms with Crippen molar-refractivity contribution in [1.29, 1.82) is 0 Å². The third kappa shape index (κ3) is 4.08. The standard InChI is InChI=1S/C12H9F4NO3/c1-6(11(19)20)4-10(18)17-9-5-7(12(14,15)16)2-3-8(9)13/h2-3,5H,1,4H2,(H,17,18)(H,19,20). The molecule has 0 radical (unpaired) electrons. The largest absolute Gasteiger partial charge is 0.478 e. The van der Waals surface area contributed by atoms with Gasteiger partial charge in [-0.1, -0.05) is 6.58 Å². The summed E-state index contributed by atoms with van der Waals surface area (Å²) in [7, 11) is 0. The average molecular weight is 291 g/mol. The second-order valence-corrected chi connectivity index (χ2v) is 3.83. The molecule has 0 aliphatic rings. The van der Waals surface area contributed by atoms with Crippen molar-refractivity contribution in [2.45, 2.75) is 12.6 Å². The van der Waals surface area contributed by atoms with Gasteiger partial charge in [-0.05, 0) is 18.2 Å². The van der Waals surface area contributed by atoms with Gasteiger partial charge in [0.15, 0.2) is 0 Å². The molecular weight excluding hydrogens is 282 g/mol. The van der Waals surface area contributed by atoms with Gasteiger partial charge >= 0.3 is 12.1 Å². The molecule has 0 saturated carbocycles. The summed E-state index contributed by atoms with van der Waals surface area (Å²) in [6.45, 7) is 3.08. The summed E-state index contributed by atoms with van der Waals surface area (Å²) in [5.74, 6) is -3.47. The number of carboxylic acid groups (broad SMARTS) is 1. The van der Waals surface area contributed by atoms with E-state index in [2.05, 4.69) is 6.58 Å². The zero-order chi connectivity index (χ0) is 15.5. The van der Waals surface area contributed by atoms with E-state index in [1.54, 1.807) is 0 Å². The summed E-state index contributed by atoms with van der Waals surface area (Å²) in [6.07, 6.45) is -5.34. The molecule has 0 bridgehead atoms. The first kappa shape index (κ1) is 15.7. The molecule has 1 amide bonds. The van der Waals surface area contributed by atoms with Gasteiger partial charge in [0.05, 0.1) is 17.7 Å². The summed E-state index contributed by atoms with van der Waals surface area (Å²) in [5.41, 5.74) is -2.27. The van der Waals surface area contributed by atoms with E-state index in [0.29, 0.717) is 18.2 Å². The Labute approximate surface area is 110 Å². The third-order valence-corrected chi connectivity index (χ3v) is 2.24. The van der Waals surface area contributed by atoms with Crippen LogP contribution < -0.4 is 5.32 Å². The molecule has 0 aliphatic carbocycles. The third-order valence-electron chi connectivity index (χ3n) is 2.24. The fraction of sp³-hybridized carbons (Fsp3) is 0.167. The van der Waals surface area contributed by atoms with Gasteiger partial charge < -0.3 is 10.4 Å². The van der Waals surface area contributed by atoms with Crippen LogP contribution in [0.4, 0.5) is 23.2 Å². The molecule has 108 valence electrons. The van der Waals surface area contributed by atoms with Crippen molar-refractivity contribution in [3.8, 4) is 0 Å². The Balaban J connectivity index is 2.89. The number of rotatable bonds is 4. The molecule has 4 nitrogen and oxygen atoms in total. The summed E-state index contributed by atoms with van der Waals surface area (Å²) in [4.78, 5) is 21.8. The molecule has 1 rings (SSSR count). The molecule has 0 aromatic heterocycles. The lowest BCUT2D eigenvalue weighted by Crippen LogP contribution is -2.16. The van der Waals surface area contributed by atoms with Crippen LogP contribution in [0.3, 0.4) is 0 Å². The molecule has 0 unspecified atom stereocenters. The number of alkyl halides is 3. The van der Waals surface area contributed by atoms with Crippen molar-refractivity contribution in [2.24, 2.45) is 0 Å². The molecule has 8 heteroatoms. The highest BCUT2D eigenvalue weighted by atomic mass is 19.4. The van der Waals surface area contributed by atoms with Crippen LogP contribution in [0.5, 0.6) is 0 Å². The predicted molar refractivity (Wildman–Crippen MR) is 61.4 cm³/mol. The van der Waals surface area contributed by atoms with Gasteiger partial charge in [0.25, 0.3) is 0 Å². The number of halogens is 4. The quantitative estimate of drug-likeness (QED) is 0.662. The molecule has 0 heterocycles. The Morgan fingerprint density at radius 3 is 2.40 bits per heavy atom. The van der Waals surface area contributed by atoms with Crippen molar-refractivity contribution < 1.29 is 32.3 Å². The highest BCUT2D eigenvalue weighted by Crippen LogP contribution is 2.31. The first-order chi connectivity index (χ1) is 9.11. The van der Waals surface area contributed by atoms with Gasteiger partial charge in [-0.3, -0.25) is 4.79 Å². The van der Waals surface area contributed by atoms with Crippen LogP contribution in [-0.4, -0.2) is 17.0 Å². The van der Waals surface area contributed by atoms with Crippen LogP contribution in [0.15, 0.2) is 30.4 Å². The van der Waals surface area contributed by atoms with E-state index in [1.807, 2.05) is 5.32 Å². The van der Waals surface area contributed by atoms with Gasteiger partial charge in [0, 0.05) is 5.57 Å². The smallest absolute Gasteiger partial charge is 0.416 e. The lowest BCUT2D eigenvalue weighted by Gasteiger charge is -2.11. The Kier molecular flexibility index (Phi) is 4.49. The molecule has 0 saturated heterocycles. The second kappa shape index (κ2) is 5.72. The van der Waals surface area contributed by atoms with Gasteiger partial charge in [0.1, 0.15) is 5.82 Å². The van der Waals surface area contributed by atoms with Crippen LogP contribution in [0.2, 0.25) is 0 Å². The molecule has 20 heavy (non-hydrogen) atoms. The topological polar surface area (TPSA) is 66.4 Å².